The number of methoxy groups -OCH3 is 1. The van der Waals surface area contributed by atoms with Gasteiger partial charge in [0, 0.05) is 27.1 Å². The van der Waals surface area contributed by atoms with E-state index in [9.17, 15) is 18.8 Å². The van der Waals surface area contributed by atoms with E-state index in [1.165, 1.54) is 53.4 Å². The van der Waals surface area contributed by atoms with Crippen LogP contribution in [0.2, 0.25) is 0 Å². The fourth-order valence-electron chi connectivity index (χ4n) is 4.17. The van der Waals surface area contributed by atoms with E-state index in [0.717, 1.165) is 21.9 Å². The zero-order valence-corrected chi connectivity index (χ0v) is 26.5. The van der Waals surface area contributed by atoms with Gasteiger partial charge in [0.15, 0.2) is 5.13 Å². The molecule has 1 unspecified atom stereocenters. The van der Waals surface area contributed by atoms with Gasteiger partial charge in [-0.25, -0.2) is 9.37 Å². The summed E-state index contributed by atoms with van der Waals surface area (Å²) in [6, 6.07) is 28.6. The lowest BCUT2D eigenvalue weighted by Crippen LogP contribution is -2.30. The highest BCUT2D eigenvalue weighted by Crippen LogP contribution is 2.29. The van der Waals surface area contributed by atoms with E-state index in [1.54, 1.807) is 68.6 Å². The van der Waals surface area contributed by atoms with Gasteiger partial charge < -0.3 is 20.7 Å². The monoisotopic (exact) mass is 652 g/mol. The molecule has 3 N–H and O–H groups in total. The van der Waals surface area contributed by atoms with E-state index < -0.39 is 22.9 Å². The summed E-state index contributed by atoms with van der Waals surface area (Å²) in [5.41, 5.74) is 3.07. The van der Waals surface area contributed by atoms with Gasteiger partial charge in [-0.3, -0.25) is 14.4 Å². The summed E-state index contributed by atoms with van der Waals surface area (Å²) in [7, 11) is 1.61. The van der Waals surface area contributed by atoms with E-state index >= 15 is 0 Å². The van der Waals surface area contributed by atoms with Crippen molar-refractivity contribution < 1.29 is 23.5 Å². The number of hydrogen-bond acceptors (Lipinski definition) is 7. The first-order valence-electron chi connectivity index (χ1n) is 14.1. The zero-order chi connectivity index (χ0) is 32.5. The molecule has 0 aliphatic rings. The van der Waals surface area contributed by atoms with Crippen molar-refractivity contribution in [2.24, 2.45) is 0 Å². The maximum atomic E-state index is 13.4. The van der Waals surface area contributed by atoms with Gasteiger partial charge in [0.2, 0.25) is 5.91 Å². The molecule has 4 aromatic carbocycles. The highest BCUT2D eigenvalue weighted by Gasteiger charge is 2.18. The third-order valence-corrected chi connectivity index (χ3v) is 8.49. The van der Waals surface area contributed by atoms with Crippen LogP contribution in [-0.2, 0) is 9.59 Å². The molecule has 0 radical (unpaired) electrons. The van der Waals surface area contributed by atoms with Crippen LogP contribution in [0.5, 0.6) is 5.75 Å². The molecule has 1 heterocycles. The quantitative estimate of drug-likeness (QED) is 0.101. The topological polar surface area (TPSA) is 109 Å². The standard InChI is InChI=1S/C35H29FN4O4S2/c1-22(32(41)40-35-39-31(21-45-35)24-10-16-28(44-2)17-11-24)46-29-18-14-27(15-19-29)37-34(43)30(20-23-8-12-26(36)13-9-23)38-33(42)25-6-4-3-5-7-25/h3-22H,1-2H3,(H,37,43)(H,38,42)(H,39,40,41)/b30-20-. The summed E-state index contributed by atoms with van der Waals surface area (Å²) in [6.07, 6.45) is 1.47. The van der Waals surface area contributed by atoms with Crippen molar-refractivity contribution in [1.29, 1.82) is 0 Å². The number of rotatable bonds is 11. The zero-order valence-electron chi connectivity index (χ0n) is 24.8. The summed E-state index contributed by atoms with van der Waals surface area (Å²) in [6.45, 7) is 1.80. The summed E-state index contributed by atoms with van der Waals surface area (Å²) in [4.78, 5) is 44.3. The van der Waals surface area contributed by atoms with Crippen LogP contribution in [0.3, 0.4) is 0 Å². The molecule has 232 valence electrons. The summed E-state index contributed by atoms with van der Waals surface area (Å²) >= 11 is 2.71. The van der Waals surface area contributed by atoms with Gasteiger partial charge in [-0.15, -0.1) is 23.1 Å². The van der Waals surface area contributed by atoms with E-state index in [-0.39, 0.29) is 11.6 Å². The predicted molar refractivity (Wildman–Crippen MR) is 181 cm³/mol. The second kappa shape index (κ2) is 15.2. The number of carbonyl (C=O) groups excluding carboxylic acids is 3. The van der Waals surface area contributed by atoms with Crippen molar-refractivity contribution in [3.8, 4) is 17.0 Å². The minimum Gasteiger partial charge on any atom is -0.497 e. The van der Waals surface area contributed by atoms with E-state index in [4.69, 9.17) is 4.74 Å². The van der Waals surface area contributed by atoms with E-state index in [1.807, 2.05) is 29.6 Å². The molecule has 0 saturated heterocycles. The number of thioether (sulfide) groups is 1. The Hall–Kier alpha value is -5.26. The Morgan fingerprint density at radius 1 is 0.891 bits per heavy atom. The lowest BCUT2D eigenvalue weighted by molar-refractivity contribution is -0.115. The van der Waals surface area contributed by atoms with Gasteiger partial charge in [-0.2, -0.15) is 0 Å². The SMILES string of the molecule is COc1ccc(-c2csc(NC(=O)C(C)Sc3ccc(NC(=O)/C(=C/c4ccc(F)cc4)NC(=O)c4ccccc4)cc3)n2)cc1. The second-order valence-electron chi connectivity index (χ2n) is 9.92. The Bertz CT molecular complexity index is 1840. The minimum atomic E-state index is -0.556. The third-order valence-electron chi connectivity index (χ3n) is 6.62. The highest BCUT2D eigenvalue weighted by atomic mass is 32.2. The van der Waals surface area contributed by atoms with Crippen molar-refractivity contribution in [2.45, 2.75) is 17.1 Å². The third kappa shape index (κ3) is 8.68. The Kier molecular flexibility index (Phi) is 10.6. The van der Waals surface area contributed by atoms with Crippen LogP contribution < -0.4 is 20.7 Å². The number of anilines is 2. The van der Waals surface area contributed by atoms with Crippen molar-refractivity contribution in [1.82, 2.24) is 10.3 Å². The summed E-state index contributed by atoms with van der Waals surface area (Å²) < 4.78 is 18.6. The van der Waals surface area contributed by atoms with Crippen molar-refractivity contribution in [3.05, 3.63) is 131 Å². The first-order chi connectivity index (χ1) is 22.3. The average Bonchev–Trinajstić information content (AvgIpc) is 3.55. The number of halogens is 1. The van der Waals surface area contributed by atoms with Gasteiger partial charge >= 0.3 is 0 Å². The Morgan fingerprint density at radius 3 is 2.26 bits per heavy atom. The number of amides is 3. The molecule has 0 fully saturated rings. The normalized spacial score (nSPS) is 11.8. The first kappa shape index (κ1) is 32.1. The van der Waals surface area contributed by atoms with Crippen LogP contribution in [0.15, 0.2) is 119 Å². The Balaban J connectivity index is 1.20. The van der Waals surface area contributed by atoms with Gasteiger partial charge in [-0.05, 0) is 91.4 Å². The lowest BCUT2D eigenvalue weighted by atomic mass is 10.1. The maximum absolute atomic E-state index is 13.4. The van der Waals surface area contributed by atoms with E-state index in [2.05, 4.69) is 20.9 Å². The largest absolute Gasteiger partial charge is 0.497 e. The molecule has 11 heteroatoms. The number of ether oxygens (including phenoxy) is 1. The first-order valence-corrected chi connectivity index (χ1v) is 15.9. The van der Waals surface area contributed by atoms with Crippen LogP contribution in [0, 0.1) is 5.82 Å². The molecule has 1 atom stereocenters. The Morgan fingerprint density at radius 2 is 1.59 bits per heavy atom. The molecule has 5 aromatic rings. The number of nitrogens with one attached hydrogen (secondary N) is 3. The number of nitrogens with zero attached hydrogens (tertiary/aromatic N) is 1. The van der Waals surface area contributed by atoms with Crippen molar-refractivity contribution in [3.63, 3.8) is 0 Å². The van der Waals surface area contributed by atoms with E-state index in [0.29, 0.717) is 21.9 Å². The lowest BCUT2D eigenvalue weighted by Gasteiger charge is -2.13. The van der Waals surface area contributed by atoms with Crippen LogP contribution in [-0.4, -0.2) is 35.1 Å². The van der Waals surface area contributed by atoms with Gasteiger partial charge in [0.25, 0.3) is 11.8 Å². The molecule has 46 heavy (non-hydrogen) atoms. The predicted octanol–water partition coefficient (Wildman–Crippen LogP) is 7.49. The van der Waals surface area contributed by atoms with Gasteiger partial charge in [0.1, 0.15) is 17.3 Å². The van der Waals surface area contributed by atoms with Crippen LogP contribution >= 0.6 is 23.1 Å². The number of aromatic nitrogens is 1. The average molecular weight is 653 g/mol. The molecule has 8 nitrogen and oxygen atoms in total. The number of hydrogen-bond donors (Lipinski definition) is 3. The second-order valence-corrected chi connectivity index (χ2v) is 12.2. The molecule has 0 bridgehead atoms. The highest BCUT2D eigenvalue weighted by molar-refractivity contribution is 8.00. The number of carbonyl (C=O) groups is 3. The summed E-state index contributed by atoms with van der Waals surface area (Å²) in [5, 5.41) is 10.3. The fourth-order valence-corrected chi connectivity index (χ4v) is 5.76. The van der Waals surface area contributed by atoms with Crippen LogP contribution in [0.4, 0.5) is 15.2 Å². The number of thiazole rings is 1. The summed E-state index contributed by atoms with van der Waals surface area (Å²) in [5.74, 6) is -0.868. The number of benzene rings is 4. The molecule has 5 rings (SSSR count). The van der Waals surface area contributed by atoms with Crippen LogP contribution in [0.1, 0.15) is 22.8 Å². The van der Waals surface area contributed by atoms with Crippen molar-refractivity contribution >= 4 is 57.7 Å². The molecular formula is C35H29FN4O4S2. The molecule has 3 amide bonds. The molecule has 0 aliphatic heterocycles. The van der Waals surface area contributed by atoms with Gasteiger partial charge in [0.05, 0.1) is 18.1 Å². The minimum absolute atomic E-state index is 0.0125. The van der Waals surface area contributed by atoms with Crippen molar-refractivity contribution in [2.75, 3.05) is 17.7 Å². The fraction of sp³-hybridized carbons (Fsp3) is 0.0857. The maximum Gasteiger partial charge on any atom is 0.272 e. The molecule has 0 aliphatic carbocycles. The molecule has 0 spiro atoms. The van der Waals surface area contributed by atoms with Gasteiger partial charge in [-0.1, -0.05) is 30.3 Å². The Labute approximate surface area is 273 Å². The molecule has 0 saturated carbocycles. The molecule has 1 aromatic heterocycles. The smallest absolute Gasteiger partial charge is 0.272 e. The van der Waals surface area contributed by atoms with Crippen LogP contribution in [0.25, 0.3) is 17.3 Å². The molecular weight excluding hydrogens is 624 g/mol.